The van der Waals surface area contributed by atoms with Crippen LogP contribution in [0, 0.1) is 0 Å². The zero-order chi connectivity index (χ0) is 6.69. The van der Waals surface area contributed by atoms with E-state index in [-0.39, 0.29) is 0 Å². The van der Waals surface area contributed by atoms with Crippen LogP contribution in [-0.2, 0) is 0 Å². The van der Waals surface area contributed by atoms with E-state index in [1.807, 2.05) is 24.4 Å². The maximum Gasteiger partial charge on any atom is 0.194 e. The quantitative estimate of drug-likeness (QED) is 0.503. The second-order valence-corrected chi connectivity index (χ2v) is 2.41. The molecular weight excluding hydrogens is 109 g/mol. The van der Waals surface area contributed by atoms with Gasteiger partial charge in [-0.3, -0.25) is 4.98 Å². The molecule has 0 unspecified atom stereocenters. The van der Waals surface area contributed by atoms with Gasteiger partial charge in [0.15, 0.2) is 6.71 Å². The highest BCUT2D eigenvalue weighted by Gasteiger charge is 2.00. The molecule has 1 aromatic heterocycles. The lowest BCUT2D eigenvalue weighted by Gasteiger charge is -1.96. The molecule has 0 amide bonds. The van der Waals surface area contributed by atoms with Crippen molar-refractivity contribution in [2.24, 2.45) is 0 Å². The number of rotatable bonds is 1. The smallest absolute Gasteiger partial charge is 0.194 e. The summed E-state index contributed by atoms with van der Waals surface area (Å²) in [7, 11) is 0. The molecule has 46 valence electrons. The van der Waals surface area contributed by atoms with Crippen LogP contribution in [0.25, 0.3) is 0 Å². The molecule has 9 heavy (non-hydrogen) atoms. The first kappa shape index (κ1) is 6.34. The second-order valence-electron chi connectivity index (χ2n) is 2.41. The molecule has 1 rings (SSSR count). The van der Waals surface area contributed by atoms with Gasteiger partial charge in [0.25, 0.3) is 0 Å². The lowest BCUT2D eigenvalue weighted by Crippen LogP contribution is -2.25. The van der Waals surface area contributed by atoms with Crippen LogP contribution in [0.2, 0.25) is 13.6 Å². The van der Waals surface area contributed by atoms with E-state index < -0.39 is 0 Å². The zero-order valence-corrected chi connectivity index (χ0v) is 5.83. The SMILES string of the molecule is CB(C)c1ccccn1. The summed E-state index contributed by atoms with van der Waals surface area (Å²) in [4.78, 5) is 4.18. The fraction of sp³-hybridized carbons (Fsp3) is 0.286. The third-order valence-corrected chi connectivity index (χ3v) is 1.28. The van der Waals surface area contributed by atoms with Crippen molar-refractivity contribution in [2.45, 2.75) is 13.6 Å². The zero-order valence-electron chi connectivity index (χ0n) is 5.83. The molecule has 1 heterocycles. The Labute approximate surface area is 56.2 Å². The van der Waals surface area contributed by atoms with Crippen molar-refractivity contribution in [2.75, 3.05) is 0 Å². The molecule has 0 fully saturated rings. The summed E-state index contributed by atoms with van der Waals surface area (Å²) in [5.41, 5.74) is 1.16. The first-order valence-electron chi connectivity index (χ1n) is 3.21. The van der Waals surface area contributed by atoms with Crippen LogP contribution in [-0.4, -0.2) is 11.7 Å². The molecule has 1 aromatic rings. The number of hydrogen-bond acceptors (Lipinski definition) is 1. The first-order chi connectivity index (χ1) is 4.30. The minimum Gasteiger partial charge on any atom is -0.271 e. The highest BCUT2D eigenvalue weighted by atomic mass is 14.6. The topological polar surface area (TPSA) is 12.9 Å². The molecule has 1 nitrogen and oxygen atoms in total. The third-order valence-electron chi connectivity index (χ3n) is 1.28. The van der Waals surface area contributed by atoms with E-state index in [1.54, 1.807) is 0 Å². The van der Waals surface area contributed by atoms with Gasteiger partial charge in [0, 0.05) is 11.8 Å². The molecule has 0 N–H and O–H groups in total. The van der Waals surface area contributed by atoms with Gasteiger partial charge in [-0.1, -0.05) is 25.8 Å². The van der Waals surface area contributed by atoms with Gasteiger partial charge in [-0.15, -0.1) is 0 Å². The molecule has 0 spiro atoms. The molecule has 0 saturated carbocycles. The fourth-order valence-corrected chi connectivity index (χ4v) is 0.717. The summed E-state index contributed by atoms with van der Waals surface area (Å²) in [6.45, 7) is 4.83. The summed E-state index contributed by atoms with van der Waals surface area (Å²) < 4.78 is 0. The van der Waals surface area contributed by atoms with Crippen molar-refractivity contribution >= 4 is 12.3 Å². The summed E-state index contributed by atoms with van der Waals surface area (Å²) >= 11 is 0. The molecule has 0 aliphatic heterocycles. The van der Waals surface area contributed by atoms with E-state index >= 15 is 0 Å². The van der Waals surface area contributed by atoms with E-state index in [0.717, 1.165) is 5.59 Å². The lowest BCUT2D eigenvalue weighted by molar-refractivity contribution is 1.38. The Hall–Kier alpha value is -0.785. The molecule has 0 radical (unpaired) electrons. The third kappa shape index (κ3) is 1.56. The highest BCUT2D eigenvalue weighted by molar-refractivity contribution is 6.69. The van der Waals surface area contributed by atoms with Crippen LogP contribution in [0.5, 0.6) is 0 Å². The monoisotopic (exact) mass is 119 g/mol. The van der Waals surface area contributed by atoms with Gasteiger partial charge in [0.05, 0.1) is 0 Å². The van der Waals surface area contributed by atoms with Gasteiger partial charge >= 0.3 is 0 Å². The van der Waals surface area contributed by atoms with Gasteiger partial charge in [-0.05, 0) is 6.07 Å². The van der Waals surface area contributed by atoms with Gasteiger partial charge < -0.3 is 0 Å². The molecule has 0 aliphatic rings. The minimum absolute atomic E-state index is 0.547. The summed E-state index contributed by atoms with van der Waals surface area (Å²) in [6.07, 6.45) is 1.83. The Morgan fingerprint density at radius 1 is 1.33 bits per heavy atom. The normalized spacial score (nSPS) is 9.11. The average Bonchev–Trinajstić information content (AvgIpc) is 1.90. The van der Waals surface area contributed by atoms with E-state index in [2.05, 4.69) is 18.6 Å². The van der Waals surface area contributed by atoms with Crippen molar-refractivity contribution in [3.63, 3.8) is 0 Å². The summed E-state index contributed by atoms with van der Waals surface area (Å²) in [5.74, 6) is 0. The van der Waals surface area contributed by atoms with Crippen LogP contribution in [0.4, 0.5) is 0 Å². The molecule has 0 saturated heterocycles. The Kier molecular flexibility index (Phi) is 1.88. The minimum atomic E-state index is 0.547. The Morgan fingerprint density at radius 3 is 2.44 bits per heavy atom. The van der Waals surface area contributed by atoms with E-state index in [0.29, 0.717) is 6.71 Å². The van der Waals surface area contributed by atoms with Crippen molar-refractivity contribution in [3.8, 4) is 0 Å². The number of nitrogens with zero attached hydrogens (tertiary/aromatic N) is 1. The van der Waals surface area contributed by atoms with Crippen LogP contribution in [0.3, 0.4) is 0 Å². The molecule has 0 aliphatic carbocycles. The van der Waals surface area contributed by atoms with Crippen molar-refractivity contribution in [1.82, 2.24) is 4.98 Å². The van der Waals surface area contributed by atoms with Gasteiger partial charge in [0.2, 0.25) is 0 Å². The molecule has 2 heteroatoms. The van der Waals surface area contributed by atoms with E-state index in [4.69, 9.17) is 0 Å². The van der Waals surface area contributed by atoms with Crippen molar-refractivity contribution < 1.29 is 0 Å². The van der Waals surface area contributed by atoms with Crippen molar-refractivity contribution in [3.05, 3.63) is 24.4 Å². The maximum absolute atomic E-state index is 4.18. The first-order valence-corrected chi connectivity index (χ1v) is 3.21. The summed E-state index contributed by atoms with van der Waals surface area (Å²) in [5, 5.41) is 0. The van der Waals surface area contributed by atoms with Crippen LogP contribution in [0.15, 0.2) is 24.4 Å². The molecule has 0 atom stereocenters. The average molecular weight is 119 g/mol. The van der Waals surface area contributed by atoms with Gasteiger partial charge in [-0.2, -0.15) is 0 Å². The second kappa shape index (κ2) is 2.67. The Morgan fingerprint density at radius 2 is 2.11 bits per heavy atom. The van der Waals surface area contributed by atoms with E-state index in [9.17, 15) is 0 Å². The predicted molar refractivity (Wildman–Crippen MR) is 41.4 cm³/mol. The fourth-order valence-electron chi connectivity index (χ4n) is 0.717. The lowest BCUT2D eigenvalue weighted by atomic mass is 9.52. The van der Waals surface area contributed by atoms with E-state index in [1.165, 1.54) is 0 Å². The molecular formula is C7H10BN. The van der Waals surface area contributed by atoms with Gasteiger partial charge in [-0.25, -0.2) is 0 Å². The van der Waals surface area contributed by atoms with Crippen LogP contribution in [0.1, 0.15) is 0 Å². The van der Waals surface area contributed by atoms with Gasteiger partial charge in [0.1, 0.15) is 0 Å². The number of aromatic nitrogens is 1. The highest BCUT2D eigenvalue weighted by Crippen LogP contribution is 1.81. The Balaban J connectivity index is 2.85. The van der Waals surface area contributed by atoms with Crippen LogP contribution < -0.4 is 5.59 Å². The van der Waals surface area contributed by atoms with Crippen molar-refractivity contribution in [1.29, 1.82) is 0 Å². The standard InChI is InChI=1S/C7H10BN/c1-8(2)7-5-3-4-6-9-7/h3-6H,1-2H3. The predicted octanol–water partition coefficient (Wildman–Crippen LogP) is 1.04. The maximum atomic E-state index is 4.18. The number of hydrogen-bond donors (Lipinski definition) is 0. The molecule has 0 bridgehead atoms. The molecule has 0 aromatic carbocycles. The Bertz CT molecular complexity index is 172. The number of pyridine rings is 1. The largest absolute Gasteiger partial charge is 0.271 e. The summed E-state index contributed by atoms with van der Waals surface area (Å²) in [6, 6.07) is 6.00. The van der Waals surface area contributed by atoms with Crippen LogP contribution >= 0.6 is 0 Å².